The minimum absolute atomic E-state index is 0.0115. The van der Waals surface area contributed by atoms with Crippen LogP contribution >= 0.6 is 0 Å². The van der Waals surface area contributed by atoms with Gasteiger partial charge in [0.15, 0.2) is 0 Å². The molecule has 1 aliphatic carbocycles. The van der Waals surface area contributed by atoms with E-state index in [0.717, 1.165) is 50.9 Å². The molecular formula is C17H25N5O2. The first-order chi connectivity index (χ1) is 11.6. The molecule has 2 aliphatic heterocycles. The van der Waals surface area contributed by atoms with E-state index in [0.29, 0.717) is 6.54 Å². The molecule has 2 saturated heterocycles. The van der Waals surface area contributed by atoms with Gasteiger partial charge in [0, 0.05) is 25.7 Å². The van der Waals surface area contributed by atoms with Crippen LogP contribution in [0.2, 0.25) is 0 Å². The third-order valence-electron chi connectivity index (χ3n) is 5.86. The van der Waals surface area contributed by atoms with Crippen molar-refractivity contribution in [3.8, 4) is 0 Å². The Hall–Kier alpha value is -1.89. The molecule has 3 heterocycles. The smallest absolute Gasteiger partial charge is 0.249 e. The number of rotatable bonds is 3. The summed E-state index contributed by atoms with van der Waals surface area (Å²) < 4.78 is 1.69. The fraction of sp³-hybridized carbons (Fsp3) is 0.706. The van der Waals surface area contributed by atoms with Gasteiger partial charge in [-0.1, -0.05) is 0 Å². The number of piperidine rings is 2. The monoisotopic (exact) mass is 331 g/mol. The van der Waals surface area contributed by atoms with Gasteiger partial charge in [0.25, 0.3) is 0 Å². The number of amides is 2. The highest BCUT2D eigenvalue weighted by Crippen LogP contribution is 2.58. The lowest BCUT2D eigenvalue weighted by Crippen LogP contribution is -2.53. The van der Waals surface area contributed by atoms with Gasteiger partial charge >= 0.3 is 0 Å². The van der Waals surface area contributed by atoms with Gasteiger partial charge in [-0.3, -0.25) is 14.3 Å². The van der Waals surface area contributed by atoms with Gasteiger partial charge in [-0.15, -0.1) is 0 Å². The first-order valence-electron chi connectivity index (χ1n) is 8.90. The molecule has 3 aliphatic rings. The second kappa shape index (κ2) is 5.88. The highest BCUT2D eigenvalue weighted by atomic mass is 16.2. The lowest BCUT2D eigenvalue weighted by atomic mass is 9.91. The van der Waals surface area contributed by atoms with Crippen molar-refractivity contribution in [3.05, 3.63) is 12.4 Å². The maximum Gasteiger partial charge on any atom is 0.249 e. The second-order valence-corrected chi connectivity index (χ2v) is 7.43. The van der Waals surface area contributed by atoms with Gasteiger partial charge in [0.1, 0.15) is 6.04 Å². The number of aryl methyl sites for hydroxylation is 1. The Bertz CT molecular complexity index is 649. The molecule has 0 bridgehead atoms. The molecule has 3 fully saturated rings. The van der Waals surface area contributed by atoms with Crippen molar-refractivity contribution in [1.29, 1.82) is 0 Å². The Morgan fingerprint density at radius 3 is 2.92 bits per heavy atom. The highest BCUT2D eigenvalue weighted by Gasteiger charge is 2.58. The summed E-state index contributed by atoms with van der Waals surface area (Å²) in [5, 5.41) is 10.5. The van der Waals surface area contributed by atoms with Crippen LogP contribution in [0.4, 0.5) is 5.69 Å². The van der Waals surface area contributed by atoms with E-state index in [1.54, 1.807) is 15.8 Å². The van der Waals surface area contributed by atoms with Crippen LogP contribution in [0, 0.1) is 11.3 Å². The zero-order valence-corrected chi connectivity index (χ0v) is 14.1. The van der Waals surface area contributed by atoms with Crippen LogP contribution in [-0.2, 0) is 16.6 Å². The number of aromatic nitrogens is 2. The average Bonchev–Trinajstić information content (AvgIpc) is 3.08. The zero-order chi connectivity index (χ0) is 16.7. The maximum atomic E-state index is 12.7. The van der Waals surface area contributed by atoms with E-state index < -0.39 is 6.04 Å². The summed E-state index contributed by atoms with van der Waals surface area (Å²) >= 11 is 0. The number of nitrogens with zero attached hydrogens (tertiary/aromatic N) is 3. The number of anilines is 1. The molecule has 7 heteroatoms. The molecule has 130 valence electrons. The van der Waals surface area contributed by atoms with Gasteiger partial charge in [-0.05, 0) is 50.6 Å². The van der Waals surface area contributed by atoms with Crippen molar-refractivity contribution in [3.63, 3.8) is 0 Å². The van der Waals surface area contributed by atoms with Crippen molar-refractivity contribution in [2.45, 2.75) is 38.1 Å². The summed E-state index contributed by atoms with van der Waals surface area (Å²) in [6.07, 6.45) is 8.29. The molecule has 2 N–H and O–H groups in total. The van der Waals surface area contributed by atoms with Crippen LogP contribution in [0.25, 0.3) is 0 Å². The van der Waals surface area contributed by atoms with E-state index in [1.807, 2.05) is 13.2 Å². The van der Waals surface area contributed by atoms with Crippen LogP contribution in [0.1, 0.15) is 32.1 Å². The minimum atomic E-state index is -0.397. The normalized spacial score (nSPS) is 28.9. The molecule has 1 saturated carbocycles. The quantitative estimate of drug-likeness (QED) is 0.841. The van der Waals surface area contributed by atoms with Gasteiger partial charge in [-0.25, -0.2) is 0 Å². The summed E-state index contributed by atoms with van der Waals surface area (Å²) in [6, 6.07) is -0.397. The summed E-state index contributed by atoms with van der Waals surface area (Å²) in [4.78, 5) is 27.1. The molecule has 2 amide bonds. The number of hydrogen-bond acceptors (Lipinski definition) is 4. The summed E-state index contributed by atoms with van der Waals surface area (Å²) in [5.74, 6) is 0.159. The lowest BCUT2D eigenvalue weighted by molar-refractivity contribution is -0.129. The molecule has 0 aromatic carbocycles. The topological polar surface area (TPSA) is 79.3 Å². The Morgan fingerprint density at radius 2 is 2.21 bits per heavy atom. The number of carbonyl (C=O) groups excluding carboxylic acids is 2. The minimum Gasteiger partial charge on any atom is -0.344 e. The number of hydrogen-bond donors (Lipinski definition) is 2. The van der Waals surface area contributed by atoms with E-state index in [9.17, 15) is 9.59 Å². The SMILES string of the molecule is Cn1cc(N2CCCC(NC(=O)C3CC34CCNCC4)C2=O)cn1. The van der Waals surface area contributed by atoms with Gasteiger partial charge in [0.2, 0.25) is 11.8 Å². The first kappa shape index (κ1) is 15.6. The average molecular weight is 331 g/mol. The van der Waals surface area contributed by atoms with Crippen LogP contribution in [0.5, 0.6) is 0 Å². The molecular weight excluding hydrogens is 306 g/mol. The predicted molar refractivity (Wildman–Crippen MR) is 89.4 cm³/mol. The van der Waals surface area contributed by atoms with Crippen LogP contribution < -0.4 is 15.5 Å². The number of nitrogens with one attached hydrogen (secondary N) is 2. The summed E-state index contributed by atoms with van der Waals surface area (Å²) in [6.45, 7) is 2.69. The Kier molecular flexibility index (Phi) is 3.83. The van der Waals surface area contributed by atoms with E-state index in [1.165, 1.54) is 0 Å². The summed E-state index contributed by atoms with van der Waals surface area (Å²) in [5.41, 5.74) is 1.01. The predicted octanol–water partition coefficient (Wildman–Crippen LogP) is 0.421. The van der Waals surface area contributed by atoms with Crippen LogP contribution in [0.3, 0.4) is 0 Å². The molecule has 1 spiro atoms. The van der Waals surface area contributed by atoms with Crippen molar-refractivity contribution in [2.75, 3.05) is 24.5 Å². The van der Waals surface area contributed by atoms with Crippen molar-refractivity contribution >= 4 is 17.5 Å². The largest absolute Gasteiger partial charge is 0.344 e. The molecule has 2 atom stereocenters. The second-order valence-electron chi connectivity index (χ2n) is 7.43. The van der Waals surface area contributed by atoms with Crippen LogP contribution in [0.15, 0.2) is 12.4 Å². The molecule has 24 heavy (non-hydrogen) atoms. The van der Waals surface area contributed by atoms with E-state index >= 15 is 0 Å². The third kappa shape index (κ3) is 2.70. The molecule has 4 rings (SSSR count). The van der Waals surface area contributed by atoms with Gasteiger partial charge in [-0.2, -0.15) is 5.10 Å². The van der Waals surface area contributed by atoms with E-state index in [2.05, 4.69) is 15.7 Å². The van der Waals surface area contributed by atoms with Crippen molar-refractivity contribution in [2.24, 2.45) is 18.4 Å². The Balaban J connectivity index is 1.39. The first-order valence-corrected chi connectivity index (χ1v) is 8.90. The molecule has 1 aromatic rings. The van der Waals surface area contributed by atoms with Crippen molar-refractivity contribution < 1.29 is 9.59 Å². The standard InChI is InChI=1S/C17H25N5O2/c1-21-11-12(10-19-21)22-8-2-3-14(16(22)24)20-15(23)13-9-17(13)4-6-18-7-5-17/h10-11,13-14,18H,2-9H2,1H3,(H,20,23). The third-order valence-corrected chi connectivity index (χ3v) is 5.86. The van der Waals surface area contributed by atoms with Crippen LogP contribution in [-0.4, -0.2) is 47.3 Å². The Morgan fingerprint density at radius 1 is 1.42 bits per heavy atom. The molecule has 2 unspecified atom stereocenters. The van der Waals surface area contributed by atoms with Gasteiger partial charge < -0.3 is 15.5 Å². The number of carbonyl (C=O) groups is 2. The molecule has 7 nitrogen and oxygen atoms in total. The lowest BCUT2D eigenvalue weighted by Gasteiger charge is -2.32. The fourth-order valence-corrected chi connectivity index (χ4v) is 4.28. The molecule has 0 radical (unpaired) electrons. The highest BCUT2D eigenvalue weighted by molar-refractivity contribution is 6.00. The van der Waals surface area contributed by atoms with E-state index in [-0.39, 0.29) is 23.1 Å². The molecule has 1 aromatic heterocycles. The zero-order valence-electron chi connectivity index (χ0n) is 14.1. The Labute approximate surface area is 141 Å². The van der Waals surface area contributed by atoms with Gasteiger partial charge in [0.05, 0.1) is 11.9 Å². The maximum absolute atomic E-state index is 12.7. The van der Waals surface area contributed by atoms with E-state index in [4.69, 9.17) is 0 Å². The summed E-state index contributed by atoms with van der Waals surface area (Å²) in [7, 11) is 1.84. The van der Waals surface area contributed by atoms with Crippen molar-refractivity contribution in [1.82, 2.24) is 20.4 Å². The fourth-order valence-electron chi connectivity index (χ4n) is 4.28.